The third-order valence-electron chi connectivity index (χ3n) is 4.42. The number of furan rings is 1. The fraction of sp³-hybridized carbons (Fsp3) is 0.438. The number of benzene rings is 1. The topological polar surface area (TPSA) is 71.7 Å². The maximum Gasteiger partial charge on any atom is 0.339 e. The monoisotopic (exact) mass is 289 g/mol. The minimum absolute atomic E-state index is 0.0927. The van der Waals surface area contributed by atoms with Crippen molar-refractivity contribution in [3.63, 3.8) is 0 Å². The summed E-state index contributed by atoms with van der Waals surface area (Å²) in [6.45, 7) is 5.21. The van der Waals surface area contributed by atoms with E-state index in [-0.39, 0.29) is 17.2 Å². The van der Waals surface area contributed by atoms with Gasteiger partial charge in [0.15, 0.2) is 0 Å². The zero-order valence-electron chi connectivity index (χ0n) is 12.2. The molecule has 1 aromatic carbocycles. The van der Waals surface area contributed by atoms with Crippen LogP contribution in [0.1, 0.15) is 36.4 Å². The first-order valence-electron chi connectivity index (χ1n) is 7.11. The van der Waals surface area contributed by atoms with Crippen molar-refractivity contribution < 1.29 is 19.1 Å². The van der Waals surface area contributed by atoms with Crippen LogP contribution in [0.3, 0.4) is 0 Å². The lowest BCUT2D eigenvalue weighted by Gasteiger charge is -2.28. The minimum Gasteiger partial charge on any atom is -0.478 e. The molecule has 2 unspecified atom stereocenters. The predicted molar refractivity (Wildman–Crippen MR) is 78.4 cm³/mol. The number of para-hydroxylation sites is 1. The quantitative estimate of drug-likeness (QED) is 0.905. The van der Waals surface area contributed by atoms with Gasteiger partial charge < -0.3 is 19.6 Å². The number of hydrogen-bond donors (Lipinski definition) is 2. The van der Waals surface area contributed by atoms with Gasteiger partial charge in [-0.05, 0) is 26.3 Å². The van der Waals surface area contributed by atoms with E-state index in [0.29, 0.717) is 23.3 Å². The van der Waals surface area contributed by atoms with Gasteiger partial charge in [0.1, 0.15) is 16.9 Å². The Morgan fingerprint density at radius 1 is 1.48 bits per heavy atom. The number of rotatable bonds is 4. The van der Waals surface area contributed by atoms with Gasteiger partial charge in [-0.1, -0.05) is 18.2 Å². The summed E-state index contributed by atoms with van der Waals surface area (Å²) in [7, 11) is 0. The van der Waals surface area contributed by atoms with Crippen molar-refractivity contribution in [2.24, 2.45) is 0 Å². The highest BCUT2D eigenvalue weighted by Crippen LogP contribution is 2.29. The number of carboxylic acid groups (broad SMARTS) is 1. The second kappa shape index (κ2) is 5.16. The molecule has 0 bridgehead atoms. The summed E-state index contributed by atoms with van der Waals surface area (Å²) in [5.41, 5.74) is 0.690. The van der Waals surface area contributed by atoms with Crippen molar-refractivity contribution in [1.82, 2.24) is 5.32 Å². The molecule has 0 spiro atoms. The number of fused-ring (bicyclic) bond motifs is 1. The first-order valence-corrected chi connectivity index (χ1v) is 7.11. The Morgan fingerprint density at radius 3 is 2.90 bits per heavy atom. The predicted octanol–water partition coefficient (Wildman–Crippen LogP) is 2.79. The molecule has 2 aromatic rings. The van der Waals surface area contributed by atoms with Gasteiger partial charge in [0.05, 0.1) is 12.6 Å². The Hall–Kier alpha value is -1.85. The highest BCUT2D eigenvalue weighted by molar-refractivity contribution is 6.03. The number of hydrogen-bond acceptors (Lipinski definition) is 4. The molecule has 1 aromatic heterocycles. The van der Waals surface area contributed by atoms with Crippen LogP contribution in [0.2, 0.25) is 0 Å². The fourth-order valence-corrected chi connectivity index (χ4v) is 2.80. The Labute approximate surface area is 122 Å². The smallest absolute Gasteiger partial charge is 0.339 e. The van der Waals surface area contributed by atoms with Crippen molar-refractivity contribution >= 4 is 16.9 Å². The SMILES string of the molecule is CC1OCCC1(C)NCc1oc2ccccc2c1C(=O)O. The number of carboxylic acids is 1. The maximum atomic E-state index is 11.5. The maximum absolute atomic E-state index is 11.5. The van der Waals surface area contributed by atoms with E-state index in [0.717, 1.165) is 13.0 Å². The Kier molecular flexibility index (Phi) is 3.47. The van der Waals surface area contributed by atoms with Gasteiger partial charge in [-0.3, -0.25) is 0 Å². The molecule has 1 aliphatic heterocycles. The average Bonchev–Trinajstić information content (AvgIpc) is 2.98. The summed E-state index contributed by atoms with van der Waals surface area (Å²) in [5.74, 6) is -0.498. The molecule has 0 radical (unpaired) electrons. The van der Waals surface area contributed by atoms with Gasteiger partial charge >= 0.3 is 5.97 Å². The van der Waals surface area contributed by atoms with E-state index in [1.807, 2.05) is 19.1 Å². The lowest BCUT2D eigenvalue weighted by atomic mass is 9.94. The highest BCUT2D eigenvalue weighted by atomic mass is 16.5. The van der Waals surface area contributed by atoms with Crippen LogP contribution in [-0.4, -0.2) is 29.3 Å². The van der Waals surface area contributed by atoms with Crippen LogP contribution >= 0.6 is 0 Å². The summed E-state index contributed by atoms with van der Waals surface area (Å²) >= 11 is 0. The molecule has 1 saturated heterocycles. The zero-order valence-corrected chi connectivity index (χ0v) is 12.2. The summed E-state index contributed by atoms with van der Waals surface area (Å²) < 4.78 is 11.3. The van der Waals surface area contributed by atoms with Crippen LogP contribution in [0.4, 0.5) is 0 Å². The molecule has 0 aliphatic carbocycles. The molecule has 2 N–H and O–H groups in total. The Bertz CT molecular complexity index is 678. The van der Waals surface area contributed by atoms with Gasteiger partial charge in [0.25, 0.3) is 0 Å². The molecule has 2 atom stereocenters. The molecule has 1 aliphatic rings. The zero-order chi connectivity index (χ0) is 15.0. The van der Waals surface area contributed by atoms with Crippen molar-refractivity contribution in [3.05, 3.63) is 35.6 Å². The Balaban J connectivity index is 1.90. The summed E-state index contributed by atoms with van der Waals surface area (Å²) in [6, 6.07) is 7.21. The van der Waals surface area contributed by atoms with Crippen molar-refractivity contribution in [3.8, 4) is 0 Å². The number of ether oxygens (including phenoxy) is 1. The molecule has 3 rings (SSSR count). The lowest BCUT2D eigenvalue weighted by Crippen LogP contribution is -2.47. The summed E-state index contributed by atoms with van der Waals surface area (Å²) in [4.78, 5) is 11.5. The first kappa shape index (κ1) is 14.1. The van der Waals surface area contributed by atoms with Gasteiger partial charge in [0, 0.05) is 17.5 Å². The van der Waals surface area contributed by atoms with Crippen LogP contribution in [0, 0.1) is 0 Å². The second-order valence-corrected chi connectivity index (χ2v) is 5.74. The molecular weight excluding hydrogens is 270 g/mol. The first-order chi connectivity index (χ1) is 10.0. The number of nitrogens with one attached hydrogen (secondary N) is 1. The van der Waals surface area contributed by atoms with Crippen LogP contribution in [0.15, 0.2) is 28.7 Å². The minimum atomic E-state index is -0.961. The number of carbonyl (C=O) groups is 1. The van der Waals surface area contributed by atoms with E-state index >= 15 is 0 Å². The van der Waals surface area contributed by atoms with Crippen LogP contribution < -0.4 is 5.32 Å². The van der Waals surface area contributed by atoms with Crippen LogP contribution in [-0.2, 0) is 11.3 Å². The van der Waals surface area contributed by atoms with E-state index in [1.54, 1.807) is 12.1 Å². The largest absolute Gasteiger partial charge is 0.478 e. The molecule has 0 amide bonds. The van der Waals surface area contributed by atoms with Crippen molar-refractivity contribution in [1.29, 1.82) is 0 Å². The van der Waals surface area contributed by atoms with Gasteiger partial charge in [-0.15, -0.1) is 0 Å². The third kappa shape index (κ3) is 2.43. The molecule has 21 heavy (non-hydrogen) atoms. The molecule has 5 nitrogen and oxygen atoms in total. The summed E-state index contributed by atoms with van der Waals surface area (Å²) in [6.07, 6.45) is 0.992. The molecule has 2 heterocycles. The average molecular weight is 289 g/mol. The third-order valence-corrected chi connectivity index (χ3v) is 4.42. The van der Waals surface area contributed by atoms with E-state index < -0.39 is 5.97 Å². The number of aromatic carboxylic acids is 1. The fourth-order valence-electron chi connectivity index (χ4n) is 2.80. The summed E-state index contributed by atoms with van der Waals surface area (Å²) in [5, 5.41) is 13.5. The van der Waals surface area contributed by atoms with Crippen molar-refractivity contribution in [2.75, 3.05) is 6.61 Å². The Morgan fingerprint density at radius 2 is 2.24 bits per heavy atom. The van der Waals surface area contributed by atoms with E-state index in [2.05, 4.69) is 12.2 Å². The molecule has 112 valence electrons. The molecule has 0 saturated carbocycles. The standard InChI is InChI=1S/C16H19NO4/c1-10-16(2,7-8-20-10)17-9-13-14(15(18)19)11-5-3-4-6-12(11)21-13/h3-6,10,17H,7-9H2,1-2H3,(H,18,19). The normalized spacial score (nSPS) is 25.5. The second-order valence-electron chi connectivity index (χ2n) is 5.74. The van der Waals surface area contributed by atoms with Crippen LogP contribution in [0.25, 0.3) is 11.0 Å². The van der Waals surface area contributed by atoms with Gasteiger partial charge in [0.2, 0.25) is 0 Å². The van der Waals surface area contributed by atoms with Gasteiger partial charge in [-0.2, -0.15) is 0 Å². The van der Waals surface area contributed by atoms with E-state index in [1.165, 1.54) is 0 Å². The molecular formula is C16H19NO4. The van der Waals surface area contributed by atoms with Gasteiger partial charge in [-0.25, -0.2) is 4.79 Å². The van der Waals surface area contributed by atoms with Crippen LogP contribution in [0.5, 0.6) is 0 Å². The van der Waals surface area contributed by atoms with E-state index in [4.69, 9.17) is 9.15 Å². The lowest BCUT2D eigenvalue weighted by molar-refractivity contribution is 0.0694. The highest BCUT2D eigenvalue weighted by Gasteiger charge is 2.37. The molecule has 5 heteroatoms. The van der Waals surface area contributed by atoms with Crippen molar-refractivity contribution in [2.45, 2.75) is 38.5 Å². The molecule has 1 fully saturated rings. The van der Waals surface area contributed by atoms with E-state index in [9.17, 15) is 9.90 Å².